The molecule has 150 valence electrons. The Bertz CT molecular complexity index is 1240. The van der Waals surface area contributed by atoms with Crippen LogP contribution in [0.4, 0.5) is 0 Å². The van der Waals surface area contributed by atoms with Gasteiger partial charge in [-0.3, -0.25) is 14.4 Å². The van der Waals surface area contributed by atoms with Gasteiger partial charge in [0.2, 0.25) is 17.1 Å². The second-order valence-electron chi connectivity index (χ2n) is 6.79. The van der Waals surface area contributed by atoms with E-state index >= 15 is 0 Å². The van der Waals surface area contributed by atoms with Crippen molar-refractivity contribution in [2.45, 2.75) is 19.3 Å². The summed E-state index contributed by atoms with van der Waals surface area (Å²) in [4.78, 5) is 39.2. The lowest BCUT2D eigenvalue weighted by atomic mass is 9.92. The van der Waals surface area contributed by atoms with Gasteiger partial charge in [0.25, 0.3) is 5.56 Å². The molecule has 0 bridgehead atoms. The summed E-state index contributed by atoms with van der Waals surface area (Å²) in [6, 6.07) is 6.04. The fourth-order valence-electron chi connectivity index (χ4n) is 3.43. The number of aromatic hydroxyl groups is 1. The smallest absolute Gasteiger partial charge is 0.252 e. The zero-order valence-electron chi connectivity index (χ0n) is 15.5. The van der Waals surface area contributed by atoms with E-state index in [1.807, 2.05) is 0 Å². The number of nitrogens with one attached hydrogen (secondary N) is 1. The second kappa shape index (κ2) is 7.01. The van der Waals surface area contributed by atoms with Crippen LogP contribution < -0.4 is 26.2 Å². The minimum atomic E-state index is -1.04. The molecule has 1 unspecified atom stereocenters. The van der Waals surface area contributed by atoms with E-state index < -0.39 is 28.6 Å². The molecule has 3 heterocycles. The van der Waals surface area contributed by atoms with Gasteiger partial charge in [0.1, 0.15) is 19.0 Å². The first-order chi connectivity index (χ1) is 13.8. The van der Waals surface area contributed by atoms with Crippen LogP contribution in [0.5, 0.6) is 17.2 Å². The van der Waals surface area contributed by atoms with Crippen molar-refractivity contribution in [2.24, 2.45) is 5.73 Å². The first-order valence-corrected chi connectivity index (χ1v) is 8.92. The van der Waals surface area contributed by atoms with Crippen LogP contribution >= 0.6 is 0 Å². The summed E-state index contributed by atoms with van der Waals surface area (Å²) >= 11 is 0. The van der Waals surface area contributed by atoms with E-state index in [-0.39, 0.29) is 23.5 Å². The topological polar surface area (TPSA) is 145 Å². The molecule has 1 aliphatic rings. The molecule has 0 saturated carbocycles. The van der Waals surface area contributed by atoms with Crippen molar-refractivity contribution in [1.82, 2.24) is 4.98 Å². The summed E-state index contributed by atoms with van der Waals surface area (Å²) in [5.74, 6) is -1.34. The van der Waals surface area contributed by atoms with Gasteiger partial charge in [0.05, 0.1) is 11.4 Å². The van der Waals surface area contributed by atoms with Gasteiger partial charge in [-0.2, -0.15) is 0 Å². The molecule has 0 radical (unpaired) electrons. The molecule has 3 aromatic rings. The Morgan fingerprint density at radius 2 is 1.86 bits per heavy atom. The number of aromatic amines is 1. The Morgan fingerprint density at radius 1 is 1.17 bits per heavy atom. The highest BCUT2D eigenvalue weighted by Gasteiger charge is 2.28. The van der Waals surface area contributed by atoms with Crippen LogP contribution in [0.2, 0.25) is 0 Å². The molecule has 9 heteroatoms. The van der Waals surface area contributed by atoms with Crippen molar-refractivity contribution in [2.75, 3.05) is 13.2 Å². The van der Waals surface area contributed by atoms with Crippen LogP contribution in [-0.2, 0) is 4.79 Å². The first kappa shape index (κ1) is 18.6. The molecule has 0 spiro atoms. The number of rotatable bonds is 4. The van der Waals surface area contributed by atoms with Gasteiger partial charge in [-0.05, 0) is 19.1 Å². The van der Waals surface area contributed by atoms with Crippen molar-refractivity contribution in [3.05, 3.63) is 61.9 Å². The molecule has 4 rings (SSSR count). The molecule has 29 heavy (non-hydrogen) atoms. The third kappa shape index (κ3) is 3.42. The molecule has 1 aromatic carbocycles. The van der Waals surface area contributed by atoms with Crippen LogP contribution in [-0.4, -0.2) is 29.2 Å². The molecule has 4 N–H and O–H groups in total. The third-order valence-electron chi connectivity index (χ3n) is 4.71. The fourth-order valence-corrected chi connectivity index (χ4v) is 3.43. The zero-order chi connectivity index (χ0) is 20.7. The minimum Gasteiger partial charge on any atom is -0.502 e. The fraction of sp³-hybridized carbons (Fsp3) is 0.250. The van der Waals surface area contributed by atoms with Gasteiger partial charge in [0.15, 0.2) is 17.3 Å². The van der Waals surface area contributed by atoms with E-state index in [0.717, 1.165) is 6.07 Å². The molecular formula is C20H18N2O7. The molecule has 0 saturated heterocycles. The van der Waals surface area contributed by atoms with Gasteiger partial charge in [0, 0.05) is 29.5 Å². The van der Waals surface area contributed by atoms with Crippen molar-refractivity contribution in [3.63, 3.8) is 0 Å². The van der Waals surface area contributed by atoms with Crippen molar-refractivity contribution in [1.29, 1.82) is 0 Å². The quantitative estimate of drug-likeness (QED) is 0.600. The third-order valence-corrected chi connectivity index (χ3v) is 4.71. The Balaban J connectivity index is 1.93. The van der Waals surface area contributed by atoms with Gasteiger partial charge in [-0.15, -0.1) is 0 Å². The number of ether oxygens (including phenoxy) is 2. The number of benzene rings is 1. The molecule has 0 aliphatic carbocycles. The summed E-state index contributed by atoms with van der Waals surface area (Å²) in [6.07, 6.45) is -0.334. The van der Waals surface area contributed by atoms with Crippen LogP contribution in [0.25, 0.3) is 10.9 Å². The van der Waals surface area contributed by atoms with E-state index in [1.165, 1.54) is 6.92 Å². The van der Waals surface area contributed by atoms with Gasteiger partial charge in [-0.1, -0.05) is 0 Å². The zero-order valence-corrected chi connectivity index (χ0v) is 15.5. The molecule has 9 nitrogen and oxygen atoms in total. The van der Waals surface area contributed by atoms with E-state index in [9.17, 15) is 19.5 Å². The number of H-pyrrole nitrogens is 1. The lowest BCUT2D eigenvalue weighted by Crippen LogP contribution is -2.23. The SMILES string of the molecule is Cc1cc(=O)c(O)c(C(CC(N)=O)c2cc3cc4c(cc3[nH]c2=O)OCCO4)o1. The number of aryl methyl sites for hydroxylation is 1. The number of carbonyl (C=O) groups excluding carboxylic acids is 1. The Morgan fingerprint density at radius 3 is 2.55 bits per heavy atom. The van der Waals surface area contributed by atoms with Crippen LogP contribution in [0.15, 0.2) is 38.3 Å². The lowest BCUT2D eigenvalue weighted by molar-refractivity contribution is -0.118. The van der Waals surface area contributed by atoms with Gasteiger partial charge < -0.3 is 29.7 Å². The standard InChI is InChI=1S/C20H18N2O7/c1-9-4-14(23)18(25)19(29-9)11(7-17(21)24)12-5-10-6-15-16(28-3-2-27-15)8-13(10)22-20(12)26/h4-6,8,11,25H,2-3,7H2,1H3,(H2,21,24)(H,22,26). The van der Waals surface area contributed by atoms with Gasteiger partial charge >= 0.3 is 0 Å². The van der Waals surface area contributed by atoms with Crippen LogP contribution in [0, 0.1) is 6.92 Å². The molecule has 1 aliphatic heterocycles. The first-order valence-electron chi connectivity index (χ1n) is 8.92. The summed E-state index contributed by atoms with van der Waals surface area (Å²) in [7, 11) is 0. The summed E-state index contributed by atoms with van der Waals surface area (Å²) < 4.78 is 16.6. The highest BCUT2D eigenvalue weighted by Crippen LogP contribution is 2.36. The average molecular weight is 398 g/mol. The number of hydrogen-bond acceptors (Lipinski definition) is 7. The Labute approximate surface area is 163 Å². The maximum atomic E-state index is 12.8. The van der Waals surface area contributed by atoms with E-state index in [1.54, 1.807) is 18.2 Å². The minimum absolute atomic E-state index is 0.122. The van der Waals surface area contributed by atoms with E-state index in [4.69, 9.17) is 19.6 Å². The summed E-state index contributed by atoms with van der Waals surface area (Å²) in [6.45, 7) is 2.34. The van der Waals surface area contributed by atoms with Crippen LogP contribution in [0.3, 0.4) is 0 Å². The second-order valence-corrected chi connectivity index (χ2v) is 6.79. The molecule has 1 amide bonds. The number of fused-ring (bicyclic) bond motifs is 2. The number of amides is 1. The van der Waals surface area contributed by atoms with Crippen molar-refractivity contribution < 1.29 is 23.8 Å². The van der Waals surface area contributed by atoms with Crippen molar-refractivity contribution in [3.8, 4) is 17.2 Å². The number of nitrogens with two attached hydrogens (primary N) is 1. The predicted octanol–water partition coefficient (Wildman–Crippen LogP) is 1.27. The maximum Gasteiger partial charge on any atom is 0.252 e. The normalized spacial score (nSPS) is 14.0. The molecular weight excluding hydrogens is 380 g/mol. The number of hydrogen-bond donors (Lipinski definition) is 3. The lowest BCUT2D eigenvalue weighted by Gasteiger charge is -2.20. The van der Waals surface area contributed by atoms with Crippen LogP contribution in [0.1, 0.15) is 29.4 Å². The number of primary amides is 1. The Hall–Kier alpha value is -3.75. The largest absolute Gasteiger partial charge is 0.502 e. The molecule has 1 atom stereocenters. The molecule has 2 aromatic heterocycles. The number of aromatic nitrogens is 1. The Kier molecular flexibility index (Phi) is 4.50. The van der Waals surface area contributed by atoms with E-state index in [0.29, 0.717) is 35.6 Å². The van der Waals surface area contributed by atoms with E-state index in [2.05, 4.69) is 4.98 Å². The monoisotopic (exact) mass is 398 g/mol. The summed E-state index contributed by atoms with van der Waals surface area (Å²) in [5.41, 5.74) is 4.81. The maximum absolute atomic E-state index is 12.8. The highest BCUT2D eigenvalue weighted by atomic mass is 16.6. The predicted molar refractivity (Wildman–Crippen MR) is 103 cm³/mol. The molecule has 0 fully saturated rings. The summed E-state index contributed by atoms with van der Waals surface area (Å²) in [5, 5.41) is 10.8. The van der Waals surface area contributed by atoms with Gasteiger partial charge in [-0.25, -0.2) is 0 Å². The van der Waals surface area contributed by atoms with Crippen molar-refractivity contribution >= 4 is 16.8 Å². The number of pyridine rings is 1. The number of carbonyl (C=O) groups is 1. The highest BCUT2D eigenvalue weighted by molar-refractivity contribution is 5.84. The average Bonchev–Trinajstić information content (AvgIpc) is 2.67.